The maximum atomic E-state index is 12.9. The Morgan fingerprint density at radius 3 is 2.31 bits per heavy atom. The molecule has 0 saturated carbocycles. The van der Waals surface area contributed by atoms with Gasteiger partial charge >= 0.3 is 5.97 Å². The fourth-order valence-electron chi connectivity index (χ4n) is 3.62. The summed E-state index contributed by atoms with van der Waals surface area (Å²) in [5.41, 5.74) is 1.02. The number of benzene rings is 2. The van der Waals surface area contributed by atoms with Crippen molar-refractivity contribution in [2.45, 2.75) is 30.8 Å². The molecule has 9 heteroatoms. The van der Waals surface area contributed by atoms with E-state index in [0.717, 1.165) is 5.56 Å². The lowest BCUT2D eigenvalue weighted by Gasteiger charge is -2.30. The number of piperidine rings is 1. The molecule has 0 radical (unpaired) electrons. The monoisotopic (exact) mass is 460 g/mol. The van der Waals surface area contributed by atoms with Crippen molar-refractivity contribution in [3.8, 4) is 0 Å². The fraction of sp³-hybridized carbons (Fsp3) is 0.391. The smallest absolute Gasteiger partial charge is 0.338 e. The molecule has 2 aromatic rings. The SMILES string of the molecule is CCOC(=O)c1ccc(S(=O)(=O)N2CCC(C(=O)NCC(O)c3ccccc3)CC2)cc1. The van der Waals surface area contributed by atoms with E-state index in [2.05, 4.69) is 5.32 Å². The van der Waals surface area contributed by atoms with Crippen LogP contribution in [0, 0.1) is 5.92 Å². The number of hydrogen-bond acceptors (Lipinski definition) is 6. The van der Waals surface area contributed by atoms with Crippen LogP contribution in [0.1, 0.15) is 41.8 Å². The molecule has 8 nitrogen and oxygen atoms in total. The second kappa shape index (κ2) is 10.7. The van der Waals surface area contributed by atoms with Crippen LogP contribution < -0.4 is 5.32 Å². The summed E-state index contributed by atoms with van der Waals surface area (Å²) in [6, 6.07) is 14.7. The summed E-state index contributed by atoms with van der Waals surface area (Å²) < 4.78 is 32.1. The summed E-state index contributed by atoms with van der Waals surface area (Å²) in [4.78, 5) is 24.3. The molecule has 1 fully saturated rings. The number of nitrogens with zero attached hydrogens (tertiary/aromatic N) is 1. The Labute approximate surface area is 188 Å². The van der Waals surface area contributed by atoms with Gasteiger partial charge in [-0.1, -0.05) is 30.3 Å². The number of ether oxygens (including phenoxy) is 1. The molecule has 1 amide bonds. The van der Waals surface area contributed by atoms with Crippen LogP contribution in [-0.4, -0.2) is 55.9 Å². The molecule has 1 atom stereocenters. The number of sulfonamides is 1. The summed E-state index contributed by atoms with van der Waals surface area (Å²) in [5, 5.41) is 13.0. The van der Waals surface area contributed by atoms with Gasteiger partial charge < -0.3 is 15.2 Å². The van der Waals surface area contributed by atoms with Gasteiger partial charge in [-0.05, 0) is 49.6 Å². The van der Waals surface area contributed by atoms with Crippen LogP contribution in [0.15, 0.2) is 59.5 Å². The zero-order chi connectivity index (χ0) is 23.1. The Morgan fingerprint density at radius 1 is 1.09 bits per heavy atom. The van der Waals surface area contributed by atoms with Crippen LogP contribution in [0.25, 0.3) is 0 Å². The molecule has 1 saturated heterocycles. The molecular weight excluding hydrogens is 432 g/mol. The van der Waals surface area contributed by atoms with Gasteiger partial charge in [-0.25, -0.2) is 13.2 Å². The predicted molar refractivity (Wildman–Crippen MR) is 118 cm³/mol. The third-order valence-corrected chi connectivity index (χ3v) is 7.39. The summed E-state index contributed by atoms with van der Waals surface area (Å²) >= 11 is 0. The Morgan fingerprint density at radius 2 is 1.72 bits per heavy atom. The van der Waals surface area contributed by atoms with Crippen molar-refractivity contribution in [1.82, 2.24) is 9.62 Å². The molecule has 1 aliphatic rings. The van der Waals surface area contributed by atoms with E-state index in [-0.39, 0.29) is 43.0 Å². The third kappa shape index (κ3) is 5.73. The van der Waals surface area contributed by atoms with Gasteiger partial charge in [0, 0.05) is 25.6 Å². The van der Waals surface area contributed by atoms with E-state index in [1.165, 1.54) is 28.6 Å². The van der Waals surface area contributed by atoms with Crippen molar-refractivity contribution in [3.05, 3.63) is 65.7 Å². The zero-order valence-electron chi connectivity index (χ0n) is 17.9. The zero-order valence-corrected chi connectivity index (χ0v) is 18.8. The van der Waals surface area contributed by atoms with Gasteiger partial charge in [0.2, 0.25) is 15.9 Å². The van der Waals surface area contributed by atoms with Crippen molar-refractivity contribution in [1.29, 1.82) is 0 Å². The highest BCUT2D eigenvalue weighted by molar-refractivity contribution is 7.89. The van der Waals surface area contributed by atoms with Gasteiger partial charge in [-0.3, -0.25) is 4.79 Å². The number of carbonyl (C=O) groups excluding carboxylic acids is 2. The highest BCUT2D eigenvalue weighted by Gasteiger charge is 2.32. The van der Waals surface area contributed by atoms with Gasteiger partial charge in [0.05, 0.1) is 23.2 Å². The molecule has 1 heterocycles. The minimum Gasteiger partial charge on any atom is -0.462 e. The topological polar surface area (TPSA) is 113 Å². The maximum Gasteiger partial charge on any atom is 0.338 e. The van der Waals surface area contributed by atoms with Crippen molar-refractivity contribution >= 4 is 21.9 Å². The first kappa shape index (κ1) is 23.9. The third-order valence-electron chi connectivity index (χ3n) is 5.48. The Balaban J connectivity index is 1.53. The van der Waals surface area contributed by atoms with Crippen LogP contribution in [0.3, 0.4) is 0 Å². The van der Waals surface area contributed by atoms with E-state index < -0.39 is 22.1 Å². The molecule has 2 N–H and O–H groups in total. The van der Waals surface area contributed by atoms with Gasteiger partial charge in [-0.15, -0.1) is 0 Å². The number of carbonyl (C=O) groups is 2. The molecule has 0 aliphatic carbocycles. The predicted octanol–water partition coefficient (Wildman–Crippen LogP) is 2.11. The fourth-order valence-corrected chi connectivity index (χ4v) is 5.09. The normalized spacial score (nSPS) is 16.3. The molecule has 1 unspecified atom stereocenters. The second-order valence-electron chi connectivity index (χ2n) is 7.59. The lowest BCUT2D eigenvalue weighted by Crippen LogP contribution is -2.43. The van der Waals surface area contributed by atoms with Crippen LogP contribution in [-0.2, 0) is 19.6 Å². The molecule has 0 spiro atoms. The van der Waals surface area contributed by atoms with E-state index in [1.54, 1.807) is 19.1 Å². The van der Waals surface area contributed by atoms with Gasteiger partial charge in [-0.2, -0.15) is 4.31 Å². The summed E-state index contributed by atoms with van der Waals surface area (Å²) in [6.45, 7) is 2.50. The van der Waals surface area contributed by atoms with E-state index >= 15 is 0 Å². The summed E-state index contributed by atoms with van der Waals surface area (Å²) in [5.74, 6) is -0.993. The van der Waals surface area contributed by atoms with Crippen molar-refractivity contribution in [2.24, 2.45) is 5.92 Å². The second-order valence-corrected chi connectivity index (χ2v) is 9.53. The molecule has 3 rings (SSSR count). The van der Waals surface area contributed by atoms with Crippen molar-refractivity contribution in [2.75, 3.05) is 26.2 Å². The minimum absolute atomic E-state index is 0.0967. The van der Waals surface area contributed by atoms with E-state index in [9.17, 15) is 23.1 Å². The molecular formula is C23H28N2O6S. The Kier molecular flexibility index (Phi) is 8.00. The van der Waals surface area contributed by atoms with Crippen LogP contribution in [0.4, 0.5) is 0 Å². The minimum atomic E-state index is -3.72. The van der Waals surface area contributed by atoms with Crippen molar-refractivity contribution in [3.63, 3.8) is 0 Å². The average molecular weight is 461 g/mol. The van der Waals surface area contributed by atoms with E-state index in [4.69, 9.17) is 4.74 Å². The number of amides is 1. The first-order valence-electron chi connectivity index (χ1n) is 10.6. The van der Waals surface area contributed by atoms with Gasteiger partial charge in [0.1, 0.15) is 0 Å². The van der Waals surface area contributed by atoms with Gasteiger partial charge in [0.15, 0.2) is 0 Å². The Bertz CT molecular complexity index is 1020. The van der Waals surface area contributed by atoms with Crippen LogP contribution >= 0.6 is 0 Å². The molecule has 0 bridgehead atoms. The first-order valence-corrected chi connectivity index (χ1v) is 12.0. The standard InChI is InChI=1S/C23H28N2O6S/c1-2-31-23(28)19-8-10-20(11-9-19)32(29,30)25-14-12-18(13-15-25)22(27)24-16-21(26)17-6-4-3-5-7-17/h3-11,18,21,26H,2,12-16H2,1H3,(H,24,27). The van der Waals surface area contributed by atoms with E-state index in [0.29, 0.717) is 18.4 Å². The number of esters is 1. The lowest BCUT2D eigenvalue weighted by atomic mass is 9.97. The quantitative estimate of drug-likeness (QED) is 0.584. The summed E-state index contributed by atoms with van der Waals surface area (Å²) in [7, 11) is -3.72. The lowest BCUT2D eigenvalue weighted by molar-refractivity contribution is -0.126. The van der Waals surface area contributed by atoms with Crippen LogP contribution in [0.2, 0.25) is 0 Å². The van der Waals surface area contributed by atoms with Crippen molar-refractivity contribution < 1.29 is 27.9 Å². The molecule has 2 aromatic carbocycles. The number of aliphatic hydroxyl groups excluding tert-OH is 1. The number of aliphatic hydroxyl groups is 1. The highest BCUT2D eigenvalue weighted by atomic mass is 32.2. The average Bonchev–Trinajstić information content (AvgIpc) is 2.83. The Hall–Kier alpha value is -2.75. The molecule has 32 heavy (non-hydrogen) atoms. The number of nitrogens with one attached hydrogen (secondary N) is 1. The number of hydrogen-bond donors (Lipinski definition) is 2. The largest absolute Gasteiger partial charge is 0.462 e. The molecule has 172 valence electrons. The van der Waals surface area contributed by atoms with Gasteiger partial charge in [0.25, 0.3) is 0 Å². The summed E-state index contributed by atoms with van der Waals surface area (Å²) in [6.07, 6.45) is -0.000866. The number of rotatable bonds is 8. The first-order chi connectivity index (χ1) is 15.3. The highest BCUT2D eigenvalue weighted by Crippen LogP contribution is 2.24. The van der Waals surface area contributed by atoms with E-state index in [1.807, 2.05) is 18.2 Å². The maximum absolute atomic E-state index is 12.9. The molecule has 1 aliphatic heterocycles. The molecule has 0 aromatic heterocycles. The van der Waals surface area contributed by atoms with Crippen LogP contribution in [0.5, 0.6) is 0 Å².